The van der Waals surface area contributed by atoms with E-state index in [1.165, 1.54) is 24.8 Å². The monoisotopic (exact) mass is 334 g/mol. The molecule has 23 heavy (non-hydrogen) atoms. The molecule has 1 amide bonds. The highest BCUT2D eigenvalue weighted by atomic mass is 35.5. The Bertz CT molecular complexity index is 556. The highest BCUT2D eigenvalue weighted by Crippen LogP contribution is 2.45. The molecule has 1 aliphatic heterocycles. The van der Waals surface area contributed by atoms with Gasteiger partial charge in [0, 0.05) is 19.1 Å². The van der Waals surface area contributed by atoms with Crippen LogP contribution in [0.2, 0.25) is 0 Å². The van der Waals surface area contributed by atoms with Gasteiger partial charge in [0.05, 0.1) is 5.41 Å². The van der Waals surface area contributed by atoms with Crippen LogP contribution in [0, 0.1) is 11.8 Å². The Kier molecular flexibility index (Phi) is 4.70. The van der Waals surface area contributed by atoms with Crippen LogP contribution in [-0.4, -0.2) is 29.9 Å². The second kappa shape index (κ2) is 6.45. The Hall–Kier alpha value is -1.06. The molecule has 3 nitrogen and oxygen atoms in total. The number of likely N-dealkylation sites (tertiary alicyclic amines) is 1. The molecule has 1 aromatic carbocycles. The quantitative estimate of drug-likeness (QED) is 0.903. The fourth-order valence-corrected chi connectivity index (χ4v) is 5.14. The van der Waals surface area contributed by atoms with Gasteiger partial charge in [0.25, 0.3) is 0 Å². The van der Waals surface area contributed by atoms with Crippen molar-refractivity contribution in [3.63, 3.8) is 0 Å². The van der Waals surface area contributed by atoms with Gasteiger partial charge < -0.3 is 10.6 Å². The minimum absolute atomic E-state index is 0. The third-order valence-electron chi connectivity index (χ3n) is 6.39. The number of amides is 1. The molecule has 2 N–H and O–H groups in total. The summed E-state index contributed by atoms with van der Waals surface area (Å²) in [7, 11) is 0. The molecule has 4 heteroatoms. The maximum atomic E-state index is 13.4. The molecule has 3 fully saturated rings. The maximum absolute atomic E-state index is 13.4. The number of carbonyl (C=O) groups is 1. The van der Waals surface area contributed by atoms with Crippen molar-refractivity contribution in [2.75, 3.05) is 13.1 Å². The average Bonchev–Trinajstić information content (AvgIpc) is 3.26. The molecule has 2 saturated carbocycles. The van der Waals surface area contributed by atoms with E-state index in [0.717, 1.165) is 32.4 Å². The van der Waals surface area contributed by atoms with Gasteiger partial charge in [0.1, 0.15) is 0 Å². The lowest BCUT2D eigenvalue weighted by Gasteiger charge is -2.33. The number of nitrogens with zero attached hydrogens (tertiary/aromatic N) is 1. The van der Waals surface area contributed by atoms with Crippen LogP contribution in [-0.2, 0) is 10.2 Å². The van der Waals surface area contributed by atoms with Gasteiger partial charge in [-0.1, -0.05) is 43.2 Å². The average molecular weight is 335 g/mol. The lowest BCUT2D eigenvalue weighted by atomic mass is 9.77. The molecule has 1 saturated heterocycles. The number of halogens is 1. The van der Waals surface area contributed by atoms with Gasteiger partial charge in [-0.25, -0.2) is 0 Å². The van der Waals surface area contributed by atoms with E-state index in [4.69, 9.17) is 5.73 Å². The first-order valence-corrected chi connectivity index (χ1v) is 8.81. The Morgan fingerprint density at radius 1 is 1.09 bits per heavy atom. The van der Waals surface area contributed by atoms with Gasteiger partial charge >= 0.3 is 0 Å². The number of rotatable bonds is 2. The number of benzene rings is 1. The summed E-state index contributed by atoms with van der Waals surface area (Å²) in [6, 6.07) is 10.8. The molecule has 0 spiro atoms. The molecular weight excluding hydrogens is 308 g/mol. The van der Waals surface area contributed by atoms with E-state index < -0.39 is 0 Å². The van der Waals surface area contributed by atoms with Crippen molar-refractivity contribution in [3.8, 4) is 0 Å². The molecule has 4 rings (SSSR count). The van der Waals surface area contributed by atoms with E-state index in [9.17, 15) is 4.79 Å². The molecule has 3 unspecified atom stereocenters. The zero-order chi connectivity index (χ0) is 15.2. The van der Waals surface area contributed by atoms with Crippen molar-refractivity contribution in [1.29, 1.82) is 0 Å². The molecular formula is C19H27ClN2O. The summed E-state index contributed by atoms with van der Waals surface area (Å²) in [5.74, 6) is 1.56. The Morgan fingerprint density at radius 3 is 2.43 bits per heavy atom. The first-order chi connectivity index (χ1) is 10.7. The molecule has 0 aromatic heterocycles. The van der Waals surface area contributed by atoms with Crippen molar-refractivity contribution < 1.29 is 4.79 Å². The molecule has 126 valence electrons. The van der Waals surface area contributed by atoms with Crippen molar-refractivity contribution in [1.82, 2.24) is 4.90 Å². The number of fused-ring (bicyclic) bond motifs is 1. The second-order valence-corrected chi connectivity index (χ2v) is 7.53. The van der Waals surface area contributed by atoms with Gasteiger partial charge in [-0.3, -0.25) is 4.79 Å². The van der Waals surface area contributed by atoms with Crippen LogP contribution in [0.15, 0.2) is 30.3 Å². The number of hydrogen-bond donors (Lipinski definition) is 1. The van der Waals surface area contributed by atoms with Crippen molar-refractivity contribution in [3.05, 3.63) is 35.9 Å². The Morgan fingerprint density at radius 2 is 1.78 bits per heavy atom. The van der Waals surface area contributed by atoms with E-state index in [1.54, 1.807) is 0 Å². The van der Waals surface area contributed by atoms with Gasteiger partial charge in [0.15, 0.2) is 0 Å². The first kappa shape index (κ1) is 16.8. The zero-order valence-corrected chi connectivity index (χ0v) is 14.4. The zero-order valence-electron chi connectivity index (χ0n) is 13.6. The summed E-state index contributed by atoms with van der Waals surface area (Å²) >= 11 is 0. The summed E-state index contributed by atoms with van der Waals surface area (Å²) in [4.78, 5) is 15.5. The minimum atomic E-state index is -0.260. The third-order valence-corrected chi connectivity index (χ3v) is 6.39. The highest BCUT2D eigenvalue weighted by Gasteiger charge is 2.49. The van der Waals surface area contributed by atoms with Gasteiger partial charge in [-0.05, 0) is 43.1 Å². The lowest BCUT2D eigenvalue weighted by molar-refractivity contribution is -0.136. The third kappa shape index (κ3) is 2.68. The van der Waals surface area contributed by atoms with E-state index in [2.05, 4.69) is 29.2 Å². The molecule has 0 radical (unpaired) electrons. The lowest BCUT2D eigenvalue weighted by Crippen LogP contribution is -2.45. The van der Waals surface area contributed by atoms with Crippen LogP contribution in [0.25, 0.3) is 0 Å². The predicted molar refractivity (Wildman–Crippen MR) is 94.6 cm³/mol. The first-order valence-electron chi connectivity index (χ1n) is 8.81. The molecule has 0 bridgehead atoms. The van der Waals surface area contributed by atoms with Crippen molar-refractivity contribution >= 4 is 18.3 Å². The molecule has 1 aromatic rings. The van der Waals surface area contributed by atoms with E-state index >= 15 is 0 Å². The highest BCUT2D eigenvalue weighted by molar-refractivity contribution is 5.89. The van der Waals surface area contributed by atoms with E-state index in [1.807, 2.05) is 6.07 Å². The standard InChI is InChI=1S/C19H26N2O.ClH/c20-17-9-8-14-12-21(13-16(14)17)18(22)19(10-4-5-11-19)15-6-2-1-3-7-15;/h1-3,6-7,14,16-17H,4-5,8-13,20H2;1H. The summed E-state index contributed by atoms with van der Waals surface area (Å²) in [5.41, 5.74) is 7.20. The number of carbonyl (C=O) groups excluding carboxylic acids is 1. The van der Waals surface area contributed by atoms with Crippen LogP contribution in [0.3, 0.4) is 0 Å². The van der Waals surface area contributed by atoms with Crippen LogP contribution in [0.4, 0.5) is 0 Å². The SMILES string of the molecule is Cl.NC1CCC2CN(C(=O)C3(c4ccccc4)CCCC3)CC12. The predicted octanol–water partition coefficient (Wildman–Crippen LogP) is 3.12. The van der Waals surface area contributed by atoms with Crippen LogP contribution < -0.4 is 5.73 Å². The van der Waals surface area contributed by atoms with Crippen LogP contribution in [0.5, 0.6) is 0 Å². The fourth-order valence-electron chi connectivity index (χ4n) is 5.14. The number of hydrogen-bond acceptors (Lipinski definition) is 2. The van der Waals surface area contributed by atoms with E-state index in [0.29, 0.717) is 23.8 Å². The van der Waals surface area contributed by atoms with Gasteiger partial charge in [-0.15, -0.1) is 12.4 Å². The topological polar surface area (TPSA) is 46.3 Å². The van der Waals surface area contributed by atoms with E-state index in [-0.39, 0.29) is 17.8 Å². The second-order valence-electron chi connectivity index (χ2n) is 7.53. The minimum Gasteiger partial charge on any atom is -0.341 e. The molecule has 1 heterocycles. The van der Waals surface area contributed by atoms with Gasteiger partial charge in [-0.2, -0.15) is 0 Å². The summed E-state index contributed by atoms with van der Waals surface area (Å²) in [5, 5.41) is 0. The summed E-state index contributed by atoms with van der Waals surface area (Å²) < 4.78 is 0. The Labute approximate surface area is 145 Å². The number of nitrogens with two attached hydrogens (primary N) is 1. The normalized spacial score (nSPS) is 31.7. The van der Waals surface area contributed by atoms with Crippen molar-refractivity contribution in [2.24, 2.45) is 17.6 Å². The van der Waals surface area contributed by atoms with Gasteiger partial charge in [0.2, 0.25) is 5.91 Å². The smallest absolute Gasteiger partial charge is 0.233 e. The molecule has 3 atom stereocenters. The summed E-state index contributed by atoms with van der Waals surface area (Å²) in [6.45, 7) is 1.82. The molecule has 3 aliphatic rings. The van der Waals surface area contributed by atoms with Crippen LogP contribution >= 0.6 is 12.4 Å². The van der Waals surface area contributed by atoms with Crippen molar-refractivity contribution in [2.45, 2.75) is 50.0 Å². The summed E-state index contributed by atoms with van der Waals surface area (Å²) in [6.07, 6.45) is 6.69. The molecule has 2 aliphatic carbocycles. The largest absolute Gasteiger partial charge is 0.341 e. The Balaban J connectivity index is 0.00000156. The maximum Gasteiger partial charge on any atom is 0.233 e. The van der Waals surface area contributed by atoms with Crippen LogP contribution in [0.1, 0.15) is 44.1 Å². The fraction of sp³-hybridized carbons (Fsp3) is 0.632.